The quantitative estimate of drug-likeness (QED) is 0.709. The molecule has 6 nitrogen and oxygen atoms in total. The Morgan fingerprint density at radius 2 is 1.82 bits per heavy atom. The Bertz CT molecular complexity index is 776. The Morgan fingerprint density at radius 1 is 1.14 bits per heavy atom. The van der Waals surface area contributed by atoms with Crippen LogP contribution in [0.5, 0.6) is 0 Å². The van der Waals surface area contributed by atoms with E-state index >= 15 is 0 Å². The van der Waals surface area contributed by atoms with Crippen molar-refractivity contribution in [3.63, 3.8) is 0 Å². The van der Waals surface area contributed by atoms with Crippen LogP contribution in [0.1, 0.15) is 49.8 Å². The molecule has 1 aromatic rings. The lowest BCUT2D eigenvalue weighted by Crippen LogP contribution is -2.39. The molecule has 0 radical (unpaired) electrons. The second-order valence-corrected chi connectivity index (χ2v) is 8.18. The van der Waals surface area contributed by atoms with E-state index in [9.17, 15) is 9.59 Å². The fraction of sp³-hybridized carbons (Fsp3) is 0.524. The van der Waals surface area contributed by atoms with Crippen LogP contribution in [-0.2, 0) is 19.1 Å². The highest BCUT2D eigenvalue weighted by atomic mass is 32.1. The van der Waals surface area contributed by atoms with Crippen molar-refractivity contribution in [2.24, 2.45) is 0 Å². The van der Waals surface area contributed by atoms with Crippen molar-refractivity contribution in [2.45, 2.75) is 51.0 Å². The Morgan fingerprint density at radius 3 is 2.43 bits per heavy atom. The highest BCUT2D eigenvalue weighted by Gasteiger charge is 2.39. The van der Waals surface area contributed by atoms with Gasteiger partial charge in [-0.1, -0.05) is 25.3 Å². The van der Waals surface area contributed by atoms with Gasteiger partial charge in [0.05, 0.1) is 31.3 Å². The van der Waals surface area contributed by atoms with Crippen molar-refractivity contribution in [1.29, 1.82) is 0 Å². The third-order valence-corrected chi connectivity index (χ3v) is 6.39. The van der Waals surface area contributed by atoms with E-state index in [-0.39, 0.29) is 0 Å². The first kappa shape index (κ1) is 20.6. The molecule has 1 aliphatic heterocycles. The Kier molecular flexibility index (Phi) is 6.91. The summed E-state index contributed by atoms with van der Waals surface area (Å²) in [7, 11) is 2.73. The maximum absolute atomic E-state index is 12.8. The van der Waals surface area contributed by atoms with Gasteiger partial charge in [0.25, 0.3) is 0 Å². The van der Waals surface area contributed by atoms with Gasteiger partial charge in [-0.2, -0.15) is 0 Å². The maximum Gasteiger partial charge on any atom is 0.336 e. The summed E-state index contributed by atoms with van der Waals surface area (Å²) in [5.74, 6) is -1.37. The van der Waals surface area contributed by atoms with Gasteiger partial charge in [-0.25, -0.2) is 9.59 Å². The molecule has 2 N–H and O–H groups in total. The van der Waals surface area contributed by atoms with E-state index in [4.69, 9.17) is 9.47 Å². The number of hydrogen-bond donors (Lipinski definition) is 2. The minimum absolute atomic E-state index is 0.430. The number of hydrogen-bond acceptors (Lipinski definition) is 7. The lowest BCUT2D eigenvalue weighted by atomic mass is 9.84. The van der Waals surface area contributed by atoms with Gasteiger partial charge < -0.3 is 20.1 Å². The predicted molar refractivity (Wildman–Crippen MR) is 109 cm³/mol. The smallest absolute Gasteiger partial charge is 0.336 e. The molecule has 3 rings (SSSR count). The van der Waals surface area contributed by atoms with Crippen molar-refractivity contribution in [2.75, 3.05) is 20.8 Å². The second kappa shape index (κ2) is 9.39. The van der Waals surface area contributed by atoms with Crippen molar-refractivity contribution in [3.05, 3.63) is 44.9 Å². The molecule has 2 aliphatic rings. The number of nitrogens with one attached hydrogen (secondary N) is 2. The number of rotatable bonds is 6. The third kappa shape index (κ3) is 4.31. The summed E-state index contributed by atoms with van der Waals surface area (Å²) in [6.07, 6.45) is 6.06. The van der Waals surface area contributed by atoms with E-state index in [1.165, 1.54) is 44.8 Å². The van der Waals surface area contributed by atoms with Gasteiger partial charge >= 0.3 is 11.9 Å². The number of methoxy groups -OCH3 is 2. The minimum Gasteiger partial charge on any atom is -0.466 e. The molecular formula is C21H28N2O4S. The molecule has 0 amide bonds. The second-order valence-electron chi connectivity index (χ2n) is 7.20. The third-order valence-electron chi connectivity index (χ3n) is 5.46. The molecule has 28 heavy (non-hydrogen) atoms. The zero-order valence-corrected chi connectivity index (χ0v) is 17.5. The zero-order chi connectivity index (χ0) is 20.1. The summed E-state index contributed by atoms with van der Waals surface area (Å²) in [6, 6.07) is 4.31. The summed E-state index contributed by atoms with van der Waals surface area (Å²) in [5, 5.41) is 8.80. The average molecular weight is 405 g/mol. The van der Waals surface area contributed by atoms with Crippen molar-refractivity contribution in [1.82, 2.24) is 10.6 Å². The van der Waals surface area contributed by atoms with E-state index in [1.54, 1.807) is 0 Å². The van der Waals surface area contributed by atoms with Crippen LogP contribution in [0.3, 0.4) is 0 Å². The number of carbonyl (C=O) groups is 2. The SMILES string of the molecule is COC(=O)C1=C(C)NC(CNC2CCCCC2)=C(C(=O)OC)C1c1cccs1. The average Bonchev–Trinajstić information content (AvgIpc) is 3.26. The summed E-state index contributed by atoms with van der Waals surface area (Å²) >= 11 is 1.51. The molecule has 0 saturated heterocycles. The van der Waals surface area contributed by atoms with Crippen LogP contribution < -0.4 is 10.6 Å². The molecule has 2 heterocycles. The molecule has 0 aromatic carbocycles. The number of carbonyl (C=O) groups excluding carboxylic acids is 2. The Balaban J connectivity index is 1.99. The lowest BCUT2D eigenvalue weighted by Gasteiger charge is -2.31. The van der Waals surface area contributed by atoms with E-state index in [1.807, 2.05) is 24.4 Å². The molecule has 1 saturated carbocycles. The molecule has 1 atom stereocenters. The molecule has 1 aromatic heterocycles. The number of esters is 2. The molecule has 1 unspecified atom stereocenters. The molecular weight excluding hydrogens is 376 g/mol. The molecule has 1 fully saturated rings. The van der Waals surface area contributed by atoms with Crippen molar-refractivity contribution in [3.8, 4) is 0 Å². The van der Waals surface area contributed by atoms with Gasteiger partial charge in [0.15, 0.2) is 0 Å². The minimum atomic E-state index is -0.496. The summed E-state index contributed by atoms with van der Waals surface area (Å²) < 4.78 is 10.1. The van der Waals surface area contributed by atoms with Crippen LogP contribution in [-0.4, -0.2) is 38.7 Å². The van der Waals surface area contributed by atoms with Gasteiger partial charge in [-0.15, -0.1) is 11.3 Å². The maximum atomic E-state index is 12.8. The summed E-state index contributed by atoms with van der Waals surface area (Å²) in [6.45, 7) is 2.38. The van der Waals surface area contributed by atoms with Gasteiger partial charge in [-0.05, 0) is 31.2 Å². The molecule has 152 valence electrons. The first-order valence-electron chi connectivity index (χ1n) is 9.71. The van der Waals surface area contributed by atoms with E-state index in [0.717, 1.165) is 23.4 Å². The van der Waals surface area contributed by atoms with E-state index in [0.29, 0.717) is 29.4 Å². The van der Waals surface area contributed by atoms with Gasteiger partial charge in [0, 0.05) is 28.9 Å². The van der Waals surface area contributed by atoms with E-state index in [2.05, 4.69) is 10.6 Å². The number of ether oxygens (including phenoxy) is 2. The molecule has 1 aliphatic carbocycles. The van der Waals surface area contributed by atoms with Crippen LogP contribution in [0.25, 0.3) is 0 Å². The molecule has 7 heteroatoms. The monoisotopic (exact) mass is 404 g/mol. The van der Waals surface area contributed by atoms with Crippen LogP contribution in [0, 0.1) is 0 Å². The van der Waals surface area contributed by atoms with Crippen molar-refractivity contribution < 1.29 is 19.1 Å². The van der Waals surface area contributed by atoms with Crippen molar-refractivity contribution >= 4 is 23.3 Å². The highest BCUT2D eigenvalue weighted by molar-refractivity contribution is 7.10. The standard InChI is InChI=1S/C21H28N2O4S/c1-13-17(20(24)26-2)19(16-10-7-11-28-16)18(21(25)27-3)15(23-13)12-22-14-8-5-4-6-9-14/h7,10-11,14,19,22-23H,4-6,8-9,12H2,1-3H3. The molecule has 0 spiro atoms. The normalized spacial score (nSPS) is 20.8. The first-order chi connectivity index (χ1) is 13.6. The van der Waals surface area contributed by atoms with Gasteiger partial charge in [0.2, 0.25) is 0 Å². The van der Waals surface area contributed by atoms with Crippen LogP contribution in [0.15, 0.2) is 40.1 Å². The van der Waals surface area contributed by atoms with Crippen LogP contribution in [0.4, 0.5) is 0 Å². The Labute approximate surface area is 170 Å². The number of thiophene rings is 1. The van der Waals surface area contributed by atoms with Crippen LogP contribution >= 0.6 is 11.3 Å². The highest BCUT2D eigenvalue weighted by Crippen LogP contribution is 2.41. The van der Waals surface area contributed by atoms with E-state index < -0.39 is 17.9 Å². The number of dihydropyridines is 1. The summed E-state index contributed by atoms with van der Waals surface area (Å²) in [4.78, 5) is 26.2. The topological polar surface area (TPSA) is 76.7 Å². The first-order valence-corrected chi connectivity index (χ1v) is 10.6. The fourth-order valence-electron chi connectivity index (χ4n) is 4.06. The largest absolute Gasteiger partial charge is 0.466 e. The Hall–Kier alpha value is -2.12. The van der Waals surface area contributed by atoms with Gasteiger partial charge in [-0.3, -0.25) is 0 Å². The summed E-state index contributed by atoms with van der Waals surface area (Å²) in [5.41, 5.74) is 2.39. The fourth-order valence-corrected chi connectivity index (χ4v) is 4.90. The zero-order valence-electron chi connectivity index (χ0n) is 16.7. The molecule has 0 bridgehead atoms. The van der Waals surface area contributed by atoms with Crippen LogP contribution in [0.2, 0.25) is 0 Å². The van der Waals surface area contributed by atoms with Gasteiger partial charge in [0.1, 0.15) is 0 Å². The lowest BCUT2D eigenvalue weighted by molar-refractivity contribution is -0.137. The number of allylic oxidation sites excluding steroid dienone is 1. The predicted octanol–water partition coefficient (Wildman–Crippen LogP) is 3.23.